The van der Waals surface area contributed by atoms with Crippen LogP contribution in [0.25, 0.3) is 0 Å². The van der Waals surface area contributed by atoms with Crippen LogP contribution in [0, 0.1) is 0 Å². The van der Waals surface area contributed by atoms with Gasteiger partial charge in [-0.3, -0.25) is 0 Å². The first-order valence-corrected chi connectivity index (χ1v) is 5.75. The van der Waals surface area contributed by atoms with E-state index in [2.05, 4.69) is 18.2 Å². The fraction of sp³-hybridized carbons (Fsp3) is 0.538. The van der Waals surface area contributed by atoms with E-state index < -0.39 is 0 Å². The maximum Gasteiger partial charge on any atom is 0.125 e. The van der Waals surface area contributed by atoms with E-state index >= 15 is 0 Å². The summed E-state index contributed by atoms with van der Waals surface area (Å²) in [5.41, 5.74) is 2.51. The molecular formula is C13H16O3. The number of benzene rings is 1. The van der Waals surface area contributed by atoms with Crippen molar-refractivity contribution in [2.45, 2.75) is 25.0 Å². The number of hydrogen-bond acceptors (Lipinski definition) is 3. The van der Waals surface area contributed by atoms with Crippen LogP contribution in [-0.4, -0.2) is 32.5 Å². The third-order valence-electron chi connectivity index (χ3n) is 3.08. The van der Waals surface area contributed by atoms with Gasteiger partial charge in [-0.1, -0.05) is 18.2 Å². The van der Waals surface area contributed by atoms with Gasteiger partial charge in [0.05, 0.1) is 32.5 Å². The Labute approximate surface area is 95.3 Å². The molecule has 3 nitrogen and oxygen atoms in total. The van der Waals surface area contributed by atoms with Crippen molar-refractivity contribution in [1.29, 1.82) is 0 Å². The second-order valence-electron chi connectivity index (χ2n) is 4.43. The van der Waals surface area contributed by atoms with Crippen molar-refractivity contribution in [2.24, 2.45) is 0 Å². The van der Waals surface area contributed by atoms with E-state index in [4.69, 9.17) is 14.2 Å². The molecule has 0 bridgehead atoms. The molecule has 86 valence electrons. The molecule has 2 aliphatic heterocycles. The lowest BCUT2D eigenvalue weighted by atomic mass is 10.0. The van der Waals surface area contributed by atoms with Gasteiger partial charge in [0.2, 0.25) is 0 Å². The Morgan fingerprint density at radius 3 is 2.00 bits per heavy atom. The van der Waals surface area contributed by atoms with Crippen molar-refractivity contribution in [3.8, 4) is 5.75 Å². The van der Waals surface area contributed by atoms with Crippen LogP contribution in [0.3, 0.4) is 0 Å². The summed E-state index contributed by atoms with van der Waals surface area (Å²) in [4.78, 5) is 0. The Bertz CT molecular complexity index is 349. The minimum Gasteiger partial charge on any atom is -0.496 e. The van der Waals surface area contributed by atoms with Gasteiger partial charge in [0, 0.05) is 12.8 Å². The van der Waals surface area contributed by atoms with Crippen molar-refractivity contribution in [1.82, 2.24) is 0 Å². The van der Waals surface area contributed by atoms with Crippen LogP contribution in [0.4, 0.5) is 0 Å². The van der Waals surface area contributed by atoms with Crippen molar-refractivity contribution < 1.29 is 14.2 Å². The van der Waals surface area contributed by atoms with Crippen molar-refractivity contribution in [3.05, 3.63) is 29.3 Å². The first-order chi connectivity index (χ1) is 7.86. The molecular weight excluding hydrogens is 204 g/mol. The number of ether oxygens (including phenoxy) is 3. The molecule has 2 heterocycles. The summed E-state index contributed by atoms with van der Waals surface area (Å²) < 4.78 is 16.1. The number of rotatable bonds is 5. The molecule has 2 fully saturated rings. The van der Waals surface area contributed by atoms with Gasteiger partial charge in [0.1, 0.15) is 5.75 Å². The van der Waals surface area contributed by atoms with Gasteiger partial charge in [-0.2, -0.15) is 0 Å². The average Bonchev–Trinajstić information content (AvgIpc) is 3.13. The molecule has 2 saturated heterocycles. The second kappa shape index (κ2) is 4.07. The Hall–Kier alpha value is -1.06. The highest BCUT2D eigenvalue weighted by Crippen LogP contribution is 2.30. The maximum atomic E-state index is 5.52. The third kappa shape index (κ3) is 2.20. The predicted octanol–water partition coefficient (Wildman–Crippen LogP) is 1.58. The second-order valence-corrected chi connectivity index (χ2v) is 4.43. The topological polar surface area (TPSA) is 34.3 Å². The third-order valence-corrected chi connectivity index (χ3v) is 3.08. The number of para-hydroxylation sites is 1. The monoisotopic (exact) mass is 220 g/mol. The van der Waals surface area contributed by atoms with E-state index in [1.54, 1.807) is 7.11 Å². The van der Waals surface area contributed by atoms with E-state index in [0.717, 1.165) is 31.8 Å². The summed E-state index contributed by atoms with van der Waals surface area (Å²) in [6, 6.07) is 6.34. The first kappa shape index (κ1) is 10.1. The first-order valence-electron chi connectivity index (χ1n) is 5.75. The Kier molecular flexibility index (Phi) is 2.58. The standard InChI is InChI=1S/C13H16O3/c1-14-13-9(5-11-7-15-11)3-2-4-10(13)6-12-8-16-12/h2-4,11-12H,5-8H2,1H3. The van der Waals surface area contributed by atoms with Gasteiger partial charge in [0.15, 0.2) is 0 Å². The zero-order chi connectivity index (χ0) is 11.0. The van der Waals surface area contributed by atoms with Crippen LogP contribution in [-0.2, 0) is 22.3 Å². The normalized spacial score (nSPS) is 26.6. The summed E-state index contributed by atoms with van der Waals surface area (Å²) in [7, 11) is 1.74. The van der Waals surface area contributed by atoms with Gasteiger partial charge < -0.3 is 14.2 Å². The zero-order valence-electron chi connectivity index (χ0n) is 9.44. The molecule has 0 aliphatic carbocycles. The highest BCUT2D eigenvalue weighted by Gasteiger charge is 2.27. The number of methoxy groups -OCH3 is 1. The summed E-state index contributed by atoms with van der Waals surface area (Å²) in [5, 5.41) is 0. The molecule has 2 atom stereocenters. The molecule has 0 saturated carbocycles. The van der Waals surface area contributed by atoms with Gasteiger partial charge in [-0.25, -0.2) is 0 Å². The van der Waals surface area contributed by atoms with Gasteiger partial charge in [0.25, 0.3) is 0 Å². The van der Waals surface area contributed by atoms with Crippen molar-refractivity contribution in [3.63, 3.8) is 0 Å². The van der Waals surface area contributed by atoms with Gasteiger partial charge in [-0.15, -0.1) is 0 Å². The van der Waals surface area contributed by atoms with E-state index in [1.807, 2.05) is 0 Å². The fourth-order valence-corrected chi connectivity index (χ4v) is 2.08. The van der Waals surface area contributed by atoms with E-state index in [0.29, 0.717) is 12.2 Å². The van der Waals surface area contributed by atoms with Crippen LogP contribution in [0.5, 0.6) is 5.75 Å². The van der Waals surface area contributed by atoms with Gasteiger partial charge >= 0.3 is 0 Å². The molecule has 0 radical (unpaired) electrons. The number of epoxide rings is 2. The predicted molar refractivity (Wildman–Crippen MR) is 59.9 cm³/mol. The molecule has 1 aromatic carbocycles. The van der Waals surface area contributed by atoms with Crippen LogP contribution in [0.2, 0.25) is 0 Å². The molecule has 1 aromatic rings. The Morgan fingerprint density at radius 1 is 1.12 bits per heavy atom. The maximum absolute atomic E-state index is 5.52. The number of hydrogen-bond donors (Lipinski definition) is 0. The molecule has 0 spiro atoms. The zero-order valence-corrected chi connectivity index (χ0v) is 9.44. The van der Waals surface area contributed by atoms with Gasteiger partial charge in [-0.05, 0) is 11.1 Å². The van der Waals surface area contributed by atoms with Crippen LogP contribution in [0.15, 0.2) is 18.2 Å². The SMILES string of the molecule is COc1c(CC2CO2)cccc1CC1CO1. The minimum absolute atomic E-state index is 0.404. The summed E-state index contributed by atoms with van der Waals surface area (Å²) >= 11 is 0. The van der Waals surface area contributed by atoms with E-state index in [9.17, 15) is 0 Å². The summed E-state index contributed by atoms with van der Waals surface area (Å²) in [6.45, 7) is 1.78. The lowest BCUT2D eigenvalue weighted by Crippen LogP contribution is -2.03. The quantitative estimate of drug-likeness (QED) is 0.706. The molecule has 0 amide bonds. The lowest BCUT2D eigenvalue weighted by Gasteiger charge is -2.12. The van der Waals surface area contributed by atoms with E-state index in [1.165, 1.54) is 11.1 Å². The van der Waals surface area contributed by atoms with E-state index in [-0.39, 0.29) is 0 Å². The minimum atomic E-state index is 0.404. The fourth-order valence-electron chi connectivity index (χ4n) is 2.08. The molecule has 2 unspecified atom stereocenters. The van der Waals surface area contributed by atoms with Crippen LogP contribution < -0.4 is 4.74 Å². The smallest absolute Gasteiger partial charge is 0.125 e. The molecule has 0 N–H and O–H groups in total. The Morgan fingerprint density at radius 2 is 1.62 bits per heavy atom. The largest absolute Gasteiger partial charge is 0.496 e. The summed E-state index contributed by atoms with van der Waals surface area (Å²) in [5.74, 6) is 1.02. The lowest BCUT2D eigenvalue weighted by molar-refractivity contribution is 0.380. The summed E-state index contributed by atoms with van der Waals surface area (Å²) in [6.07, 6.45) is 2.73. The van der Waals surface area contributed by atoms with Crippen molar-refractivity contribution >= 4 is 0 Å². The molecule has 0 aromatic heterocycles. The average molecular weight is 220 g/mol. The molecule has 3 rings (SSSR count). The highest BCUT2D eigenvalue weighted by molar-refractivity contribution is 5.42. The van der Waals surface area contributed by atoms with Crippen molar-refractivity contribution in [2.75, 3.05) is 20.3 Å². The molecule has 2 aliphatic rings. The highest BCUT2D eigenvalue weighted by atomic mass is 16.6. The Balaban J connectivity index is 1.83. The van der Waals surface area contributed by atoms with Crippen LogP contribution >= 0.6 is 0 Å². The molecule has 16 heavy (non-hydrogen) atoms. The molecule has 3 heteroatoms. The van der Waals surface area contributed by atoms with Crippen LogP contribution in [0.1, 0.15) is 11.1 Å².